The first kappa shape index (κ1) is 13.1. The second-order valence-electron chi connectivity index (χ2n) is 7.41. The van der Waals surface area contributed by atoms with Gasteiger partial charge in [0.2, 0.25) is 0 Å². The van der Waals surface area contributed by atoms with Gasteiger partial charge >= 0.3 is 0 Å². The standard InChI is InChI=1S/C15H30/c1-8-11(2)13-12(14(3,4)5)9-10-15(13,6)7/h11-13H,8-10H2,1-7H3/t11?,12-,13-/m0/s1. The highest BCUT2D eigenvalue weighted by molar-refractivity contribution is 4.97. The highest BCUT2D eigenvalue weighted by Crippen LogP contribution is 2.56. The molecule has 1 rings (SSSR count). The van der Waals surface area contributed by atoms with Gasteiger partial charge in [0.1, 0.15) is 0 Å². The largest absolute Gasteiger partial charge is 0.0651 e. The SMILES string of the molecule is CCC(C)[C@H]1[C@@H](C(C)(C)C)CCC1(C)C. The Morgan fingerprint density at radius 3 is 2.20 bits per heavy atom. The van der Waals surface area contributed by atoms with E-state index in [1.807, 2.05) is 0 Å². The van der Waals surface area contributed by atoms with E-state index in [0.29, 0.717) is 10.8 Å². The molecule has 1 saturated carbocycles. The fourth-order valence-electron chi connectivity index (χ4n) is 3.81. The summed E-state index contributed by atoms with van der Waals surface area (Å²) in [5.74, 6) is 2.72. The fraction of sp³-hybridized carbons (Fsp3) is 1.00. The molecule has 0 bridgehead atoms. The zero-order valence-electron chi connectivity index (χ0n) is 11.9. The summed E-state index contributed by atoms with van der Waals surface area (Å²) in [6.07, 6.45) is 4.19. The van der Waals surface area contributed by atoms with Gasteiger partial charge < -0.3 is 0 Å². The van der Waals surface area contributed by atoms with E-state index < -0.39 is 0 Å². The van der Waals surface area contributed by atoms with Crippen molar-refractivity contribution in [2.24, 2.45) is 28.6 Å². The topological polar surface area (TPSA) is 0 Å². The Labute approximate surface area is 96.8 Å². The van der Waals surface area contributed by atoms with Crippen LogP contribution in [0, 0.1) is 28.6 Å². The molecule has 1 fully saturated rings. The third-order valence-corrected chi connectivity index (χ3v) is 4.80. The molecule has 15 heavy (non-hydrogen) atoms. The van der Waals surface area contributed by atoms with Crippen LogP contribution in [-0.2, 0) is 0 Å². The van der Waals surface area contributed by atoms with Gasteiger partial charge in [-0.1, -0.05) is 54.9 Å². The van der Waals surface area contributed by atoms with E-state index in [2.05, 4.69) is 48.5 Å². The summed E-state index contributed by atoms with van der Waals surface area (Å²) in [5.41, 5.74) is 1.05. The molecular weight excluding hydrogens is 180 g/mol. The van der Waals surface area contributed by atoms with Crippen LogP contribution in [0.15, 0.2) is 0 Å². The minimum Gasteiger partial charge on any atom is -0.0651 e. The quantitative estimate of drug-likeness (QED) is 0.592. The van der Waals surface area contributed by atoms with Crippen molar-refractivity contribution in [3.63, 3.8) is 0 Å². The molecule has 0 aromatic rings. The zero-order valence-corrected chi connectivity index (χ0v) is 11.9. The van der Waals surface area contributed by atoms with E-state index >= 15 is 0 Å². The summed E-state index contributed by atoms with van der Waals surface area (Å²) in [6.45, 7) is 17.0. The van der Waals surface area contributed by atoms with Crippen molar-refractivity contribution >= 4 is 0 Å². The third kappa shape index (κ3) is 2.57. The Kier molecular flexibility index (Phi) is 3.58. The monoisotopic (exact) mass is 210 g/mol. The minimum atomic E-state index is 0.488. The van der Waals surface area contributed by atoms with Gasteiger partial charge in [-0.25, -0.2) is 0 Å². The predicted molar refractivity (Wildman–Crippen MR) is 68.9 cm³/mol. The van der Waals surface area contributed by atoms with Crippen LogP contribution in [0.3, 0.4) is 0 Å². The van der Waals surface area contributed by atoms with Crippen molar-refractivity contribution in [1.82, 2.24) is 0 Å². The summed E-state index contributed by atoms with van der Waals surface area (Å²) in [4.78, 5) is 0. The maximum absolute atomic E-state index is 2.48. The molecule has 0 spiro atoms. The van der Waals surface area contributed by atoms with Crippen LogP contribution in [0.5, 0.6) is 0 Å². The Bertz CT molecular complexity index is 207. The summed E-state index contributed by atoms with van der Waals surface area (Å²) in [6, 6.07) is 0. The molecule has 1 aliphatic rings. The Morgan fingerprint density at radius 2 is 1.80 bits per heavy atom. The molecule has 0 aromatic heterocycles. The Hall–Kier alpha value is 0. The molecule has 0 heteroatoms. The van der Waals surface area contributed by atoms with E-state index in [-0.39, 0.29) is 0 Å². The van der Waals surface area contributed by atoms with Crippen LogP contribution in [0.2, 0.25) is 0 Å². The van der Waals surface area contributed by atoms with Gasteiger partial charge in [0.25, 0.3) is 0 Å². The maximum atomic E-state index is 2.48. The lowest BCUT2D eigenvalue weighted by molar-refractivity contribution is 0.0792. The summed E-state index contributed by atoms with van der Waals surface area (Å²) in [5, 5.41) is 0. The first-order valence-corrected chi connectivity index (χ1v) is 6.70. The Balaban J connectivity index is 2.92. The molecule has 0 saturated heterocycles. The van der Waals surface area contributed by atoms with Crippen molar-refractivity contribution in [3.05, 3.63) is 0 Å². The Morgan fingerprint density at radius 1 is 1.27 bits per heavy atom. The third-order valence-electron chi connectivity index (χ3n) is 4.80. The van der Waals surface area contributed by atoms with Crippen molar-refractivity contribution in [3.8, 4) is 0 Å². The molecule has 0 aliphatic heterocycles. The normalized spacial score (nSPS) is 33.0. The fourth-order valence-corrected chi connectivity index (χ4v) is 3.81. The zero-order chi connectivity index (χ0) is 11.9. The molecule has 0 aromatic carbocycles. The van der Waals surface area contributed by atoms with Crippen molar-refractivity contribution in [2.75, 3.05) is 0 Å². The molecule has 1 unspecified atom stereocenters. The van der Waals surface area contributed by atoms with Gasteiger partial charge in [-0.2, -0.15) is 0 Å². The number of hydrogen-bond acceptors (Lipinski definition) is 0. The average Bonchev–Trinajstić information content (AvgIpc) is 2.39. The van der Waals surface area contributed by atoms with Crippen molar-refractivity contribution in [2.45, 2.75) is 67.7 Å². The predicted octanol–water partition coefficient (Wildman–Crippen LogP) is 5.13. The smallest absolute Gasteiger partial charge is 0.0304 e. The molecule has 0 nitrogen and oxygen atoms in total. The van der Waals surface area contributed by atoms with Crippen LogP contribution in [0.4, 0.5) is 0 Å². The van der Waals surface area contributed by atoms with Gasteiger partial charge in [-0.05, 0) is 41.4 Å². The van der Waals surface area contributed by atoms with Crippen LogP contribution in [0.1, 0.15) is 67.7 Å². The highest BCUT2D eigenvalue weighted by Gasteiger charge is 2.47. The highest BCUT2D eigenvalue weighted by atomic mass is 14.5. The molecule has 90 valence electrons. The lowest BCUT2D eigenvalue weighted by Crippen LogP contribution is -2.34. The summed E-state index contributed by atoms with van der Waals surface area (Å²) in [7, 11) is 0. The van der Waals surface area contributed by atoms with E-state index in [4.69, 9.17) is 0 Å². The molecule has 1 aliphatic carbocycles. The second kappa shape index (κ2) is 4.11. The lowest BCUT2D eigenvalue weighted by atomic mass is 9.64. The first-order valence-electron chi connectivity index (χ1n) is 6.70. The molecular formula is C15H30. The van der Waals surface area contributed by atoms with Crippen molar-refractivity contribution < 1.29 is 0 Å². The second-order valence-corrected chi connectivity index (χ2v) is 7.41. The van der Waals surface area contributed by atoms with Gasteiger partial charge in [0.05, 0.1) is 0 Å². The molecule has 0 heterocycles. The maximum Gasteiger partial charge on any atom is -0.0304 e. The minimum absolute atomic E-state index is 0.488. The van der Waals surface area contributed by atoms with Crippen LogP contribution in [0.25, 0.3) is 0 Å². The first-order chi connectivity index (χ1) is 6.70. The summed E-state index contributed by atoms with van der Waals surface area (Å²) >= 11 is 0. The lowest BCUT2D eigenvalue weighted by Gasteiger charge is -2.41. The van der Waals surface area contributed by atoms with E-state index in [1.165, 1.54) is 19.3 Å². The van der Waals surface area contributed by atoms with E-state index in [1.54, 1.807) is 0 Å². The van der Waals surface area contributed by atoms with Gasteiger partial charge in [-0.15, -0.1) is 0 Å². The number of rotatable bonds is 2. The number of hydrogen-bond donors (Lipinski definition) is 0. The van der Waals surface area contributed by atoms with Crippen LogP contribution < -0.4 is 0 Å². The molecule has 0 radical (unpaired) electrons. The summed E-state index contributed by atoms with van der Waals surface area (Å²) < 4.78 is 0. The molecule has 0 amide bonds. The van der Waals surface area contributed by atoms with E-state index in [9.17, 15) is 0 Å². The van der Waals surface area contributed by atoms with Gasteiger partial charge in [0, 0.05) is 0 Å². The van der Waals surface area contributed by atoms with Crippen LogP contribution >= 0.6 is 0 Å². The van der Waals surface area contributed by atoms with Crippen molar-refractivity contribution in [1.29, 1.82) is 0 Å². The van der Waals surface area contributed by atoms with Gasteiger partial charge in [-0.3, -0.25) is 0 Å². The van der Waals surface area contributed by atoms with E-state index in [0.717, 1.165) is 17.8 Å². The van der Waals surface area contributed by atoms with Gasteiger partial charge in [0.15, 0.2) is 0 Å². The average molecular weight is 210 g/mol. The molecule has 0 N–H and O–H groups in total. The van der Waals surface area contributed by atoms with Crippen LogP contribution in [-0.4, -0.2) is 0 Å². The molecule has 3 atom stereocenters.